The Bertz CT molecular complexity index is 715. The fraction of sp³-hybridized carbons (Fsp3) is 0.188. The van der Waals surface area contributed by atoms with Crippen LogP contribution < -0.4 is 0 Å². The summed E-state index contributed by atoms with van der Waals surface area (Å²) in [4.78, 5) is 14.1. The Morgan fingerprint density at radius 3 is 2.85 bits per heavy atom. The Kier molecular flexibility index (Phi) is 2.39. The maximum absolute atomic E-state index is 12.6. The number of fused-ring (bicyclic) bond motifs is 3. The first-order valence-electron chi connectivity index (χ1n) is 6.58. The highest BCUT2D eigenvalue weighted by atomic mass is 32.2. The largest absolute Gasteiger partial charge is 0.508 e. The average Bonchev–Trinajstić information content (AvgIpc) is 3.00. The molecule has 2 aromatic rings. The highest BCUT2D eigenvalue weighted by molar-refractivity contribution is 8.00. The molecule has 0 spiro atoms. The second kappa shape index (κ2) is 4.03. The van der Waals surface area contributed by atoms with Crippen molar-refractivity contribution in [3.63, 3.8) is 0 Å². The molecule has 1 fully saturated rings. The number of carbonyl (C=O) groups excluding carboxylic acids is 1. The van der Waals surface area contributed by atoms with Gasteiger partial charge in [0.05, 0.1) is 0 Å². The minimum absolute atomic E-state index is 0.0916. The summed E-state index contributed by atoms with van der Waals surface area (Å²) in [7, 11) is 0. The molecule has 0 unspecified atom stereocenters. The highest BCUT2D eigenvalue weighted by Gasteiger charge is 2.54. The van der Waals surface area contributed by atoms with E-state index in [0.29, 0.717) is 0 Å². The number of benzene rings is 2. The molecule has 2 aliphatic heterocycles. The van der Waals surface area contributed by atoms with Crippen molar-refractivity contribution in [2.75, 3.05) is 12.3 Å². The predicted octanol–water partition coefficient (Wildman–Crippen LogP) is 2.80. The first-order chi connectivity index (χ1) is 9.73. The van der Waals surface area contributed by atoms with E-state index in [2.05, 4.69) is 0 Å². The fourth-order valence-corrected chi connectivity index (χ4v) is 4.74. The predicted molar refractivity (Wildman–Crippen MR) is 78.8 cm³/mol. The first kappa shape index (κ1) is 11.9. The van der Waals surface area contributed by atoms with Crippen LogP contribution in [0.1, 0.15) is 21.5 Å². The van der Waals surface area contributed by atoms with E-state index in [4.69, 9.17) is 0 Å². The van der Waals surface area contributed by atoms with Crippen molar-refractivity contribution in [1.29, 1.82) is 0 Å². The quantitative estimate of drug-likeness (QED) is 0.875. The Labute approximate surface area is 121 Å². The molecule has 0 bridgehead atoms. The van der Waals surface area contributed by atoms with Gasteiger partial charge in [0.15, 0.2) is 0 Å². The molecule has 1 atom stereocenters. The van der Waals surface area contributed by atoms with Crippen LogP contribution >= 0.6 is 11.8 Å². The molecule has 2 heterocycles. The van der Waals surface area contributed by atoms with Crippen LogP contribution in [0.5, 0.6) is 5.75 Å². The highest BCUT2D eigenvalue weighted by Crippen LogP contribution is 2.55. The van der Waals surface area contributed by atoms with Gasteiger partial charge in [0.2, 0.25) is 0 Å². The number of hydrogen-bond donors (Lipinski definition) is 1. The number of phenolic OH excluding ortho intramolecular Hbond substituents is 1. The molecule has 0 aromatic heterocycles. The molecule has 0 radical (unpaired) electrons. The topological polar surface area (TPSA) is 40.5 Å². The molecule has 2 aromatic carbocycles. The summed E-state index contributed by atoms with van der Waals surface area (Å²) in [6.45, 7) is 0.744. The van der Waals surface area contributed by atoms with Crippen LogP contribution in [-0.2, 0) is 4.87 Å². The average molecular weight is 283 g/mol. The van der Waals surface area contributed by atoms with E-state index < -0.39 is 4.87 Å². The zero-order valence-corrected chi connectivity index (χ0v) is 11.6. The van der Waals surface area contributed by atoms with E-state index in [1.165, 1.54) is 0 Å². The van der Waals surface area contributed by atoms with Gasteiger partial charge >= 0.3 is 0 Å². The second-order valence-corrected chi connectivity index (χ2v) is 6.33. The standard InChI is InChI=1S/C16H13NO2S/c18-12-5-3-4-11(10-12)16-14-7-2-1-6-13(14)15(19)17(16)8-9-20-16/h1-7,10,18H,8-9H2/t16-/m1/s1. The van der Waals surface area contributed by atoms with Crippen LogP contribution in [0.2, 0.25) is 0 Å². The summed E-state index contributed by atoms with van der Waals surface area (Å²) in [5.41, 5.74) is 2.79. The third-order valence-electron chi connectivity index (χ3n) is 4.01. The normalized spacial score (nSPS) is 23.8. The number of thioether (sulfide) groups is 1. The number of rotatable bonds is 1. The van der Waals surface area contributed by atoms with Crippen molar-refractivity contribution in [2.24, 2.45) is 0 Å². The van der Waals surface area contributed by atoms with Crippen LogP contribution in [0, 0.1) is 0 Å². The van der Waals surface area contributed by atoms with Crippen LogP contribution in [0.15, 0.2) is 48.5 Å². The summed E-state index contributed by atoms with van der Waals surface area (Å²) in [5.74, 6) is 1.24. The summed E-state index contributed by atoms with van der Waals surface area (Å²) in [5, 5.41) is 9.79. The lowest BCUT2D eigenvalue weighted by Crippen LogP contribution is -2.37. The summed E-state index contributed by atoms with van der Waals surface area (Å²) < 4.78 is 0. The van der Waals surface area contributed by atoms with Gasteiger partial charge in [-0.1, -0.05) is 30.3 Å². The first-order valence-corrected chi connectivity index (χ1v) is 7.57. The Morgan fingerprint density at radius 2 is 2.00 bits per heavy atom. The molecule has 3 nitrogen and oxygen atoms in total. The minimum atomic E-state index is -0.466. The molecule has 1 amide bonds. The van der Waals surface area contributed by atoms with E-state index in [1.807, 2.05) is 41.3 Å². The van der Waals surface area contributed by atoms with Crippen LogP contribution in [-0.4, -0.2) is 28.2 Å². The number of carbonyl (C=O) groups is 1. The van der Waals surface area contributed by atoms with Gasteiger partial charge in [0.1, 0.15) is 10.6 Å². The van der Waals surface area contributed by atoms with Gasteiger partial charge in [0, 0.05) is 23.4 Å². The Morgan fingerprint density at radius 1 is 1.15 bits per heavy atom. The lowest BCUT2D eigenvalue weighted by Gasteiger charge is -2.32. The molecule has 100 valence electrons. The molecular weight excluding hydrogens is 270 g/mol. The van der Waals surface area contributed by atoms with Crippen molar-refractivity contribution in [3.05, 3.63) is 65.2 Å². The summed E-state index contributed by atoms with van der Waals surface area (Å²) >= 11 is 1.76. The maximum Gasteiger partial charge on any atom is 0.255 e. The van der Waals surface area contributed by atoms with E-state index in [9.17, 15) is 9.90 Å². The van der Waals surface area contributed by atoms with Gasteiger partial charge in [-0.2, -0.15) is 0 Å². The third-order valence-corrected chi connectivity index (χ3v) is 5.49. The molecule has 4 rings (SSSR count). The second-order valence-electron chi connectivity index (χ2n) is 5.05. The van der Waals surface area contributed by atoms with E-state index >= 15 is 0 Å². The summed E-state index contributed by atoms with van der Waals surface area (Å²) in [6, 6.07) is 15.0. The molecule has 1 saturated heterocycles. The van der Waals surface area contributed by atoms with Gasteiger partial charge in [-0.3, -0.25) is 4.79 Å². The lowest BCUT2D eigenvalue weighted by molar-refractivity contribution is 0.0752. The molecular formula is C16H13NO2S. The van der Waals surface area contributed by atoms with Crippen molar-refractivity contribution >= 4 is 17.7 Å². The third kappa shape index (κ3) is 1.34. The molecule has 20 heavy (non-hydrogen) atoms. The Hall–Kier alpha value is -1.94. The van der Waals surface area contributed by atoms with E-state index in [0.717, 1.165) is 29.0 Å². The molecule has 0 aliphatic carbocycles. The lowest BCUT2D eigenvalue weighted by atomic mass is 9.97. The van der Waals surface area contributed by atoms with Crippen LogP contribution in [0.4, 0.5) is 0 Å². The van der Waals surface area contributed by atoms with Crippen molar-refractivity contribution in [2.45, 2.75) is 4.87 Å². The smallest absolute Gasteiger partial charge is 0.255 e. The number of aromatic hydroxyl groups is 1. The Balaban J connectivity index is 2.01. The van der Waals surface area contributed by atoms with Crippen molar-refractivity contribution < 1.29 is 9.90 Å². The van der Waals surface area contributed by atoms with Gasteiger partial charge in [0.25, 0.3) is 5.91 Å². The van der Waals surface area contributed by atoms with Gasteiger partial charge in [-0.05, 0) is 23.8 Å². The van der Waals surface area contributed by atoms with Gasteiger partial charge in [-0.25, -0.2) is 0 Å². The van der Waals surface area contributed by atoms with Crippen molar-refractivity contribution in [3.8, 4) is 5.75 Å². The van der Waals surface area contributed by atoms with Gasteiger partial charge < -0.3 is 10.0 Å². The zero-order valence-electron chi connectivity index (χ0n) is 10.7. The molecule has 1 N–H and O–H groups in total. The zero-order chi connectivity index (χ0) is 13.7. The van der Waals surface area contributed by atoms with Crippen LogP contribution in [0.25, 0.3) is 0 Å². The number of nitrogens with zero attached hydrogens (tertiary/aromatic N) is 1. The molecule has 2 aliphatic rings. The maximum atomic E-state index is 12.6. The van der Waals surface area contributed by atoms with E-state index in [1.54, 1.807) is 23.9 Å². The molecule has 4 heteroatoms. The minimum Gasteiger partial charge on any atom is -0.508 e. The van der Waals surface area contributed by atoms with E-state index in [-0.39, 0.29) is 11.7 Å². The number of phenols is 1. The SMILES string of the molecule is O=C1c2ccccc2[C@@]2(c3cccc(O)c3)SCCN12. The van der Waals surface area contributed by atoms with Crippen molar-refractivity contribution in [1.82, 2.24) is 4.90 Å². The molecule has 0 saturated carbocycles. The summed E-state index contributed by atoms with van der Waals surface area (Å²) in [6.07, 6.45) is 0. The van der Waals surface area contributed by atoms with Gasteiger partial charge in [-0.15, -0.1) is 11.8 Å². The number of hydrogen-bond acceptors (Lipinski definition) is 3. The monoisotopic (exact) mass is 283 g/mol. The fourth-order valence-electron chi connectivity index (χ4n) is 3.21. The number of amides is 1. The van der Waals surface area contributed by atoms with Crippen LogP contribution in [0.3, 0.4) is 0 Å².